The van der Waals surface area contributed by atoms with Gasteiger partial charge in [0.15, 0.2) is 0 Å². The van der Waals surface area contributed by atoms with Crippen molar-refractivity contribution in [3.63, 3.8) is 0 Å². The minimum absolute atomic E-state index is 0.162. The van der Waals surface area contributed by atoms with E-state index in [1.165, 1.54) is 12.4 Å². The van der Waals surface area contributed by atoms with Gasteiger partial charge in [-0.25, -0.2) is 4.98 Å². The molecule has 0 saturated carbocycles. The Bertz CT molecular complexity index is 400. The van der Waals surface area contributed by atoms with Gasteiger partial charge < -0.3 is 15.0 Å². The molecule has 1 fully saturated rings. The molecule has 15 heavy (non-hydrogen) atoms. The van der Waals surface area contributed by atoms with Gasteiger partial charge in [0.25, 0.3) is 5.56 Å². The van der Waals surface area contributed by atoms with Gasteiger partial charge in [-0.15, -0.1) is 0 Å². The number of piperidine rings is 1. The third-order valence-corrected chi connectivity index (χ3v) is 2.66. The van der Waals surface area contributed by atoms with Gasteiger partial charge in [-0.3, -0.25) is 4.79 Å². The molecule has 1 aromatic heterocycles. The molecule has 1 saturated heterocycles. The lowest BCUT2D eigenvalue weighted by atomic mass is 9.95. The number of hydrogen-bond donors (Lipinski definition) is 2. The molecule has 0 aromatic carbocycles. The monoisotopic (exact) mass is 209 g/mol. The second kappa shape index (κ2) is 3.66. The van der Waals surface area contributed by atoms with Gasteiger partial charge >= 0.3 is 0 Å². The van der Waals surface area contributed by atoms with Crippen LogP contribution < -0.4 is 10.5 Å². The highest BCUT2D eigenvalue weighted by Gasteiger charge is 2.28. The Morgan fingerprint density at radius 1 is 1.67 bits per heavy atom. The van der Waals surface area contributed by atoms with Crippen molar-refractivity contribution in [1.82, 2.24) is 9.97 Å². The maximum Gasteiger partial charge on any atom is 0.252 e. The summed E-state index contributed by atoms with van der Waals surface area (Å²) in [6.07, 6.45) is 3.11. The molecule has 1 aliphatic rings. The Kier molecular flexibility index (Phi) is 2.48. The van der Waals surface area contributed by atoms with E-state index in [4.69, 9.17) is 0 Å². The molecule has 1 aromatic rings. The summed E-state index contributed by atoms with van der Waals surface area (Å²) in [5, 5.41) is 9.92. The van der Waals surface area contributed by atoms with E-state index in [2.05, 4.69) is 9.97 Å². The van der Waals surface area contributed by atoms with Gasteiger partial charge in [0, 0.05) is 19.2 Å². The fraction of sp³-hybridized carbons (Fsp3) is 0.600. The van der Waals surface area contributed by atoms with Crippen molar-refractivity contribution in [2.45, 2.75) is 25.4 Å². The summed E-state index contributed by atoms with van der Waals surface area (Å²) in [5.41, 5.74) is -0.840. The molecule has 0 spiro atoms. The number of aromatic amines is 1. The first-order valence-electron chi connectivity index (χ1n) is 5.09. The van der Waals surface area contributed by atoms with Crippen LogP contribution in [0.4, 0.5) is 5.82 Å². The van der Waals surface area contributed by atoms with E-state index in [0.29, 0.717) is 12.4 Å². The zero-order chi connectivity index (χ0) is 10.9. The third-order valence-electron chi connectivity index (χ3n) is 2.66. The molecule has 2 heterocycles. The first-order valence-corrected chi connectivity index (χ1v) is 5.09. The molecule has 0 aliphatic carbocycles. The Hall–Kier alpha value is -1.36. The topological polar surface area (TPSA) is 69.2 Å². The molecule has 2 N–H and O–H groups in total. The van der Waals surface area contributed by atoms with Crippen molar-refractivity contribution in [3.8, 4) is 0 Å². The quantitative estimate of drug-likeness (QED) is 0.689. The van der Waals surface area contributed by atoms with E-state index < -0.39 is 5.60 Å². The van der Waals surface area contributed by atoms with Gasteiger partial charge in [-0.2, -0.15) is 0 Å². The average Bonchev–Trinajstić information content (AvgIpc) is 2.16. The van der Waals surface area contributed by atoms with Crippen LogP contribution >= 0.6 is 0 Å². The molecule has 5 nitrogen and oxygen atoms in total. The van der Waals surface area contributed by atoms with Crippen LogP contribution in [0.5, 0.6) is 0 Å². The minimum Gasteiger partial charge on any atom is -0.388 e. The van der Waals surface area contributed by atoms with Crippen molar-refractivity contribution >= 4 is 5.82 Å². The molecule has 1 aliphatic heterocycles. The Balaban J connectivity index is 2.21. The minimum atomic E-state index is -0.678. The molecule has 0 amide bonds. The summed E-state index contributed by atoms with van der Waals surface area (Å²) < 4.78 is 0. The van der Waals surface area contributed by atoms with E-state index in [-0.39, 0.29) is 5.56 Å². The van der Waals surface area contributed by atoms with Crippen molar-refractivity contribution in [1.29, 1.82) is 0 Å². The number of hydrogen-bond acceptors (Lipinski definition) is 4. The highest BCUT2D eigenvalue weighted by Crippen LogP contribution is 2.23. The normalized spacial score (nSPS) is 26.7. The number of rotatable bonds is 1. The summed E-state index contributed by atoms with van der Waals surface area (Å²) in [5.74, 6) is 0.638. The molecule has 5 heteroatoms. The van der Waals surface area contributed by atoms with Gasteiger partial charge in [0.1, 0.15) is 5.82 Å². The summed E-state index contributed by atoms with van der Waals surface area (Å²) in [4.78, 5) is 19.6. The summed E-state index contributed by atoms with van der Waals surface area (Å²) in [7, 11) is 0. The fourth-order valence-corrected chi connectivity index (χ4v) is 1.95. The molecular formula is C10H15N3O2. The number of aliphatic hydroxyl groups is 1. The number of H-pyrrole nitrogens is 1. The van der Waals surface area contributed by atoms with Crippen LogP contribution in [0, 0.1) is 0 Å². The zero-order valence-electron chi connectivity index (χ0n) is 8.73. The number of β-amino-alcohol motifs (C(OH)–C–C–N with tert-alkyl or cyclic N) is 1. The molecular weight excluding hydrogens is 194 g/mol. The lowest BCUT2D eigenvalue weighted by molar-refractivity contribution is 0.0447. The standard InChI is InChI=1S/C10H15N3O2/c1-10(15)3-2-4-13(6-10)8-5-9(14)12-7-11-8/h5,7,15H,2-4,6H2,1H3,(H,11,12,14). The Morgan fingerprint density at radius 3 is 3.13 bits per heavy atom. The molecule has 2 rings (SSSR count). The van der Waals surface area contributed by atoms with E-state index in [1.54, 1.807) is 0 Å². The summed E-state index contributed by atoms with van der Waals surface area (Å²) in [6, 6.07) is 1.46. The number of nitrogens with one attached hydrogen (secondary N) is 1. The number of aromatic nitrogens is 2. The SMILES string of the molecule is CC1(O)CCCN(c2cc(=O)[nH]cn2)C1. The number of anilines is 1. The lowest BCUT2D eigenvalue weighted by Crippen LogP contribution is -2.46. The predicted molar refractivity (Wildman–Crippen MR) is 56.9 cm³/mol. The van der Waals surface area contributed by atoms with Crippen LogP contribution in [-0.2, 0) is 0 Å². The third kappa shape index (κ3) is 2.36. The fourth-order valence-electron chi connectivity index (χ4n) is 1.95. The molecule has 82 valence electrons. The lowest BCUT2D eigenvalue weighted by Gasteiger charge is -2.37. The predicted octanol–water partition coefficient (Wildman–Crippen LogP) is 0.121. The van der Waals surface area contributed by atoms with E-state index in [0.717, 1.165) is 19.4 Å². The maximum absolute atomic E-state index is 11.1. The highest BCUT2D eigenvalue weighted by molar-refractivity contribution is 5.37. The summed E-state index contributed by atoms with van der Waals surface area (Å²) >= 11 is 0. The van der Waals surface area contributed by atoms with Crippen LogP contribution in [-0.4, -0.2) is 33.8 Å². The summed E-state index contributed by atoms with van der Waals surface area (Å²) in [6.45, 7) is 3.18. The molecule has 0 bridgehead atoms. The Morgan fingerprint density at radius 2 is 2.47 bits per heavy atom. The van der Waals surface area contributed by atoms with E-state index in [9.17, 15) is 9.90 Å². The van der Waals surface area contributed by atoms with Gasteiger partial charge in [-0.05, 0) is 19.8 Å². The maximum atomic E-state index is 11.1. The van der Waals surface area contributed by atoms with Crippen molar-refractivity contribution < 1.29 is 5.11 Å². The second-order valence-corrected chi connectivity index (χ2v) is 4.29. The average molecular weight is 209 g/mol. The molecule has 1 unspecified atom stereocenters. The first-order chi connectivity index (χ1) is 7.07. The van der Waals surface area contributed by atoms with Crippen molar-refractivity contribution in [2.24, 2.45) is 0 Å². The Labute approximate surface area is 87.8 Å². The van der Waals surface area contributed by atoms with E-state index >= 15 is 0 Å². The first kappa shape index (κ1) is 10.2. The zero-order valence-corrected chi connectivity index (χ0v) is 8.73. The van der Waals surface area contributed by atoms with Crippen LogP contribution in [0.1, 0.15) is 19.8 Å². The van der Waals surface area contributed by atoms with Crippen molar-refractivity contribution in [3.05, 3.63) is 22.7 Å². The van der Waals surface area contributed by atoms with Crippen molar-refractivity contribution in [2.75, 3.05) is 18.0 Å². The molecule has 1 atom stereocenters. The smallest absolute Gasteiger partial charge is 0.252 e. The van der Waals surface area contributed by atoms with Gasteiger partial charge in [0.05, 0.1) is 11.9 Å². The number of nitrogens with zero attached hydrogens (tertiary/aromatic N) is 2. The van der Waals surface area contributed by atoms with Gasteiger partial charge in [-0.1, -0.05) is 0 Å². The van der Waals surface area contributed by atoms with Crippen LogP contribution in [0.3, 0.4) is 0 Å². The highest BCUT2D eigenvalue weighted by atomic mass is 16.3. The van der Waals surface area contributed by atoms with Crippen LogP contribution in [0.2, 0.25) is 0 Å². The second-order valence-electron chi connectivity index (χ2n) is 4.29. The molecule has 0 radical (unpaired) electrons. The van der Waals surface area contributed by atoms with E-state index in [1.807, 2.05) is 11.8 Å². The van der Waals surface area contributed by atoms with Crippen LogP contribution in [0.25, 0.3) is 0 Å². The van der Waals surface area contributed by atoms with Crippen LogP contribution in [0.15, 0.2) is 17.2 Å². The largest absolute Gasteiger partial charge is 0.388 e. The van der Waals surface area contributed by atoms with Gasteiger partial charge in [0.2, 0.25) is 0 Å².